The maximum absolute atomic E-state index is 15.4. The van der Waals surface area contributed by atoms with Crippen molar-refractivity contribution in [3.8, 4) is 45.3 Å². The van der Waals surface area contributed by atoms with E-state index in [0.717, 1.165) is 66.7 Å². The SMILES string of the molecule is O=c1c2c3ccccc3n(-c3ccccc3)c2c(-c2ccccc2)c(-c2ccccc2)n1-c1nc(-c2ccccc2)c2ccccc2n1. The van der Waals surface area contributed by atoms with Crippen molar-refractivity contribution in [2.24, 2.45) is 0 Å². The van der Waals surface area contributed by atoms with E-state index >= 15 is 4.79 Å². The van der Waals surface area contributed by atoms with E-state index in [2.05, 4.69) is 47.0 Å². The number of pyridine rings is 1. The molecule has 0 saturated heterocycles. The van der Waals surface area contributed by atoms with Crippen molar-refractivity contribution >= 4 is 32.7 Å². The molecule has 0 aliphatic carbocycles. The molecule has 0 radical (unpaired) electrons. The predicted octanol–water partition coefficient (Wildman–Crippen LogP) is 9.88. The third kappa shape index (κ3) is 4.37. The minimum Gasteiger partial charge on any atom is -0.308 e. The van der Waals surface area contributed by atoms with E-state index in [1.807, 2.05) is 127 Å². The van der Waals surface area contributed by atoms with Gasteiger partial charge in [0.2, 0.25) is 5.95 Å². The van der Waals surface area contributed by atoms with Crippen LogP contribution in [0.2, 0.25) is 0 Å². The molecule has 0 fully saturated rings. The van der Waals surface area contributed by atoms with Crippen molar-refractivity contribution in [2.75, 3.05) is 0 Å². The van der Waals surface area contributed by atoms with Gasteiger partial charge in [0.25, 0.3) is 5.56 Å². The molecule has 3 aromatic heterocycles. The lowest BCUT2D eigenvalue weighted by Crippen LogP contribution is -2.24. The summed E-state index contributed by atoms with van der Waals surface area (Å²) in [6.45, 7) is 0. The summed E-state index contributed by atoms with van der Waals surface area (Å²) in [6.07, 6.45) is 0. The topological polar surface area (TPSA) is 52.7 Å². The molecular weight excluding hydrogens is 589 g/mol. The van der Waals surface area contributed by atoms with Crippen molar-refractivity contribution in [2.45, 2.75) is 0 Å². The Morgan fingerprint density at radius 3 is 1.69 bits per heavy atom. The van der Waals surface area contributed by atoms with E-state index in [4.69, 9.17) is 9.97 Å². The summed E-state index contributed by atoms with van der Waals surface area (Å²) in [4.78, 5) is 25.7. The van der Waals surface area contributed by atoms with Crippen LogP contribution in [0.25, 0.3) is 78.0 Å². The molecule has 0 aliphatic rings. The lowest BCUT2D eigenvalue weighted by atomic mass is 9.96. The largest absolute Gasteiger partial charge is 0.308 e. The molecule has 3 heterocycles. The molecule has 0 N–H and O–H groups in total. The first-order valence-corrected chi connectivity index (χ1v) is 16.0. The van der Waals surface area contributed by atoms with Gasteiger partial charge in [0, 0.05) is 27.6 Å². The average Bonchev–Trinajstić information content (AvgIpc) is 3.51. The van der Waals surface area contributed by atoms with E-state index in [1.165, 1.54) is 0 Å². The molecule has 0 unspecified atom stereocenters. The zero-order valence-electron chi connectivity index (χ0n) is 25.9. The van der Waals surface area contributed by atoms with E-state index in [0.29, 0.717) is 11.3 Å². The van der Waals surface area contributed by atoms with E-state index in [1.54, 1.807) is 4.57 Å². The Morgan fingerprint density at radius 1 is 0.458 bits per heavy atom. The van der Waals surface area contributed by atoms with E-state index in [9.17, 15) is 0 Å². The molecule has 0 saturated carbocycles. The number of hydrogen-bond acceptors (Lipinski definition) is 3. The molecule has 0 bridgehead atoms. The van der Waals surface area contributed by atoms with Crippen LogP contribution in [-0.2, 0) is 0 Å². The summed E-state index contributed by atoms with van der Waals surface area (Å²) in [5.74, 6) is 0.326. The van der Waals surface area contributed by atoms with Crippen molar-refractivity contribution in [3.63, 3.8) is 0 Å². The van der Waals surface area contributed by atoms with Gasteiger partial charge in [0.1, 0.15) is 0 Å². The lowest BCUT2D eigenvalue weighted by molar-refractivity contribution is 0.919. The molecule has 6 aromatic carbocycles. The molecule has 48 heavy (non-hydrogen) atoms. The first-order chi connectivity index (χ1) is 23.8. The minimum absolute atomic E-state index is 0.177. The Hall–Kier alpha value is -6.59. The van der Waals surface area contributed by atoms with Crippen LogP contribution in [0.4, 0.5) is 0 Å². The molecule has 0 atom stereocenters. The van der Waals surface area contributed by atoms with Crippen LogP contribution in [0.3, 0.4) is 0 Å². The highest BCUT2D eigenvalue weighted by molar-refractivity contribution is 6.15. The summed E-state index contributed by atoms with van der Waals surface area (Å²) < 4.78 is 3.96. The number of nitrogens with zero attached hydrogens (tertiary/aromatic N) is 4. The van der Waals surface area contributed by atoms with Gasteiger partial charge in [0.05, 0.1) is 33.3 Å². The lowest BCUT2D eigenvalue weighted by Gasteiger charge is -2.21. The number of para-hydroxylation sites is 3. The average molecular weight is 617 g/mol. The van der Waals surface area contributed by atoms with Crippen LogP contribution in [0.5, 0.6) is 0 Å². The molecule has 9 rings (SSSR count). The smallest absolute Gasteiger partial charge is 0.268 e. The maximum atomic E-state index is 15.4. The molecule has 9 aromatic rings. The van der Waals surface area contributed by atoms with Gasteiger partial charge in [-0.15, -0.1) is 0 Å². The van der Waals surface area contributed by atoms with Crippen LogP contribution in [-0.4, -0.2) is 19.1 Å². The van der Waals surface area contributed by atoms with Crippen LogP contribution in [0.1, 0.15) is 0 Å². The third-order valence-electron chi connectivity index (χ3n) is 8.95. The highest BCUT2D eigenvalue weighted by Gasteiger charge is 2.28. The van der Waals surface area contributed by atoms with Gasteiger partial charge in [-0.3, -0.25) is 4.79 Å². The second kappa shape index (κ2) is 11.3. The van der Waals surface area contributed by atoms with Gasteiger partial charge >= 0.3 is 0 Å². The Labute approximate surface area is 276 Å². The molecular formula is C43H28N4O. The zero-order valence-corrected chi connectivity index (χ0v) is 25.9. The fourth-order valence-corrected chi connectivity index (χ4v) is 6.89. The number of fused-ring (bicyclic) bond motifs is 4. The second-order valence-electron chi connectivity index (χ2n) is 11.8. The fourth-order valence-electron chi connectivity index (χ4n) is 6.89. The van der Waals surface area contributed by atoms with Crippen molar-refractivity contribution in [1.29, 1.82) is 0 Å². The summed E-state index contributed by atoms with van der Waals surface area (Å²) in [7, 11) is 0. The number of benzene rings is 6. The number of rotatable bonds is 5. The normalized spacial score (nSPS) is 11.4. The fraction of sp³-hybridized carbons (Fsp3) is 0. The Morgan fingerprint density at radius 2 is 1.00 bits per heavy atom. The van der Waals surface area contributed by atoms with Gasteiger partial charge in [-0.1, -0.05) is 146 Å². The van der Waals surface area contributed by atoms with E-state index in [-0.39, 0.29) is 5.56 Å². The highest BCUT2D eigenvalue weighted by atomic mass is 16.1. The third-order valence-corrected chi connectivity index (χ3v) is 8.95. The Bertz CT molecular complexity index is 2660. The second-order valence-corrected chi connectivity index (χ2v) is 11.8. The molecule has 5 heteroatoms. The molecule has 0 aliphatic heterocycles. The summed E-state index contributed by atoms with van der Waals surface area (Å²) >= 11 is 0. The predicted molar refractivity (Wildman–Crippen MR) is 196 cm³/mol. The van der Waals surface area contributed by atoms with Gasteiger partial charge < -0.3 is 4.57 Å². The van der Waals surface area contributed by atoms with Gasteiger partial charge in [-0.05, 0) is 35.4 Å². The maximum Gasteiger partial charge on any atom is 0.268 e. The zero-order chi connectivity index (χ0) is 32.0. The van der Waals surface area contributed by atoms with Gasteiger partial charge in [0.15, 0.2) is 0 Å². The molecule has 0 spiro atoms. The standard InChI is InChI=1S/C43H28N4O/c48-42-38-34-26-14-16-28-36(34)46(32-23-11-4-12-24-32)41(38)37(29-17-5-1-6-18-29)40(31-21-9-3-10-22-31)47(42)43-44-35-27-15-13-25-33(35)39(45-43)30-19-7-2-8-20-30/h1-28H. The van der Waals surface area contributed by atoms with Gasteiger partial charge in [-0.2, -0.15) is 0 Å². The summed E-state index contributed by atoms with van der Waals surface area (Å²) in [5.41, 5.74) is 8.62. The Kier molecular flexibility index (Phi) is 6.54. The highest BCUT2D eigenvalue weighted by Crippen LogP contribution is 2.42. The van der Waals surface area contributed by atoms with Crippen LogP contribution in [0, 0.1) is 0 Å². The van der Waals surface area contributed by atoms with Crippen molar-refractivity contribution < 1.29 is 0 Å². The molecule has 226 valence electrons. The van der Waals surface area contributed by atoms with Gasteiger partial charge in [-0.25, -0.2) is 14.5 Å². The number of hydrogen-bond donors (Lipinski definition) is 0. The first-order valence-electron chi connectivity index (χ1n) is 16.0. The van der Waals surface area contributed by atoms with Crippen LogP contribution >= 0.6 is 0 Å². The summed E-state index contributed by atoms with van der Waals surface area (Å²) in [5, 5.41) is 2.41. The van der Waals surface area contributed by atoms with Crippen molar-refractivity contribution in [1.82, 2.24) is 19.1 Å². The molecule has 0 amide bonds. The molecule has 5 nitrogen and oxygen atoms in total. The van der Waals surface area contributed by atoms with Crippen molar-refractivity contribution in [3.05, 3.63) is 180 Å². The van der Waals surface area contributed by atoms with Crippen LogP contribution in [0.15, 0.2) is 175 Å². The summed E-state index contributed by atoms with van der Waals surface area (Å²) in [6, 6.07) is 56.9. The monoisotopic (exact) mass is 616 g/mol. The Balaban J connectivity index is 1.54. The van der Waals surface area contributed by atoms with E-state index < -0.39 is 0 Å². The number of aromatic nitrogens is 4. The first kappa shape index (κ1) is 27.7. The quantitative estimate of drug-likeness (QED) is 0.193. The minimum atomic E-state index is -0.177. The van der Waals surface area contributed by atoms with Crippen LogP contribution < -0.4 is 5.56 Å².